The zero-order chi connectivity index (χ0) is 14.4. The van der Waals surface area contributed by atoms with E-state index >= 15 is 0 Å². The van der Waals surface area contributed by atoms with Gasteiger partial charge in [-0.05, 0) is 19.8 Å². The number of hydrogen-bond donors (Lipinski definition) is 2. The maximum atomic E-state index is 12.1. The van der Waals surface area contributed by atoms with Gasteiger partial charge in [0.25, 0.3) is 0 Å². The number of thiazole rings is 1. The van der Waals surface area contributed by atoms with Crippen LogP contribution < -0.4 is 5.32 Å². The second-order valence-electron chi connectivity index (χ2n) is 5.33. The summed E-state index contributed by atoms with van der Waals surface area (Å²) in [4.78, 5) is 18.4. The van der Waals surface area contributed by atoms with E-state index < -0.39 is 0 Å². The van der Waals surface area contributed by atoms with Gasteiger partial charge in [-0.1, -0.05) is 19.3 Å². The van der Waals surface area contributed by atoms with Crippen molar-refractivity contribution in [3.8, 4) is 0 Å². The number of hydrogen-bond acceptors (Lipinski definition) is 5. The first-order chi connectivity index (χ1) is 9.69. The summed E-state index contributed by atoms with van der Waals surface area (Å²) < 4.78 is 0. The van der Waals surface area contributed by atoms with Gasteiger partial charge in [0.1, 0.15) is 0 Å². The van der Waals surface area contributed by atoms with Gasteiger partial charge in [0, 0.05) is 18.0 Å². The molecule has 6 heteroatoms. The topological polar surface area (TPSA) is 65.5 Å². The number of carbonyl (C=O) groups excluding carboxylic acids is 1. The molecule has 0 bridgehead atoms. The van der Waals surface area contributed by atoms with E-state index in [1.807, 2.05) is 12.3 Å². The minimum Gasteiger partial charge on any atom is -0.395 e. The molecule has 1 heterocycles. The van der Waals surface area contributed by atoms with Crippen molar-refractivity contribution in [2.75, 3.05) is 25.0 Å². The molecule has 1 aromatic rings. The van der Waals surface area contributed by atoms with Crippen molar-refractivity contribution in [3.63, 3.8) is 0 Å². The molecule has 1 aromatic heterocycles. The lowest BCUT2D eigenvalue weighted by molar-refractivity contribution is -0.118. The van der Waals surface area contributed by atoms with Gasteiger partial charge < -0.3 is 10.4 Å². The summed E-state index contributed by atoms with van der Waals surface area (Å²) in [7, 11) is 0. The highest BCUT2D eigenvalue weighted by Gasteiger charge is 2.22. The van der Waals surface area contributed by atoms with Crippen LogP contribution in [0.4, 0.5) is 5.13 Å². The van der Waals surface area contributed by atoms with E-state index in [1.54, 1.807) is 0 Å². The van der Waals surface area contributed by atoms with E-state index in [0.717, 1.165) is 18.5 Å². The van der Waals surface area contributed by atoms with Crippen molar-refractivity contribution >= 4 is 22.4 Å². The first-order valence-electron chi connectivity index (χ1n) is 7.26. The monoisotopic (exact) mass is 297 g/mol. The molecule has 0 unspecified atom stereocenters. The summed E-state index contributed by atoms with van der Waals surface area (Å²) in [6.45, 7) is 2.91. The van der Waals surface area contributed by atoms with Crippen molar-refractivity contribution in [2.45, 2.75) is 45.1 Å². The van der Waals surface area contributed by atoms with Crippen LogP contribution in [0.2, 0.25) is 0 Å². The number of aliphatic hydroxyl groups excluding tert-OH is 1. The van der Waals surface area contributed by atoms with Gasteiger partial charge >= 0.3 is 0 Å². The highest BCUT2D eigenvalue weighted by atomic mass is 32.1. The van der Waals surface area contributed by atoms with E-state index in [4.69, 9.17) is 0 Å². The van der Waals surface area contributed by atoms with Crippen LogP contribution >= 0.6 is 11.3 Å². The van der Waals surface area contributed by atoms with Gasteiger partial charge in [-0.3, -0.25) is 9.69 Å². The van der Waals surface area contributed by atoms with Gasteiger partial charge in [0.15, 0.2) is 5.13 Å². The molecule has 1 fully saturated rings. The lowest BCUT2D eigenvalue weighted by Crippen LogP contribution is -2.43. The molecule has 5 nitrogen and oxygen atoms in total. The third kappa shape index (κ3) is 4.54. The summed E-state index contributed by atoms with van der Waals surface area (Å²) in [5.41, 5.74) is 0.921. The molecule has 0 atom stereocenters. The number of amides is 1. The third-order valence-corrected chi connectivity index (χ3v) is 4.57. The maximum absolute atomic E-state index is 12.1. The maximum Gasteiger partial charge on any atom is 0.240 e. The Morgan fingerprint density at radius 3 is 2.85 bits per heavy atom. The minimum absolute atomic E-state index is 0.0432. The van der Waals surface area contributed by atoms with Crippen molar-refractivity contribution < 1.29 is 9.90 Å². The summed E-state index contributed by atoms with van der Waals surface area (Å²) in [5, 5.41) is 14.6. The van der Waals surface area contributed by atoms with E-state index in [9.17, 15) is 9.90 Å². The zero-order valence-electron chi connectivity index (χ0n) is 12.0. The summed E-state index contributed by atoms with van der Waals surface area (Å²) in [5.74, 6) is -0.0432. The van der Waals surface area contributed by atoms with Gasteiger partial charge in [0.05, 0.1) is 18.8 Å². The minimum atomic E-state index is -0.0432. The van der Waals surface area contributed by atoms with E-state index in [-0.39, 0.29) is 12.5 Å². The Morgan fingerprint density at radius 2 is 2.25 bits per heavy atom. The van der Waals surface area contributed by atoms with E-state index in [2.05, 4.69) is 15.2 Å². The molecule has 0 spiro atoms. The number of aliphatic hydroxyl groups is 1. The Balaban J connectivity index is 1.87. The van der Waals surface area contributed by atoms with Crippen molar-refractivity contribution in [3.05, 3.63) is 11.1 Å². The first-order valence-corrected chi connectivity index (χ1v) is 8.14. The van der Waals surface area contributed by atoms with Gasteiger partial charge in [0.2, 0.25) is 5.91 Å². The fraction of sp³-hybridized carbons (Fsp3) is 0.714. The van der Waals surface area contributed by atoms with Gasteiger partial charge in [-0.15, -0.1) is 11.3 Å². The molecule has 2 rings (SSSR count). The van der Waals surface area contributed by atoms with Crippen molar-refractivity contribution in [1.29, 1.82) is 0 Å². The molecule has 0 aromatic carbocycles. The second-order valence-corrected chi connectivity index (χ2v) is 6.19. The van der Waals surface area contributed by atoms with Gasteiger partial charge in [-0.2, -0.15) is 0 Å². The lowest BCUT2D eigenvalue weighted by Gasteiger charge is -2.33. The standard InChI is InChI=1S/C14H23N3O2S/c1-11-10-20-14(15-11)16-13(19)9-17(7-8-18)12-5-3-2-4-6-12/h10,12,18H,2-9H2,1H3,(H,15,16,19). The number of aromatic nitrogens is 1. The summed E-state index contributed by atoms with van der Waals surface area (Å²) >= 11 is 1.44. The number of rotatable bonds is 6. The highest BCUT2D eigenvalue weighted by Crippen LogP contribution is 2.22. The molecule has 1 aliphatic rings. The molecule has 1 amide bonds. The van der Waals surface area contributed by atoms with Crippen LogP contribution in [0, 0.1) is 6.92 Å². The fourth-order valence-electron chi connectivity index (χ4n) is 2.72. The molecule has 1 saturated carbocycles. The molecule has 0 aliphatic heterocycles. The number of nitrogens with one attached hydrogen (secondary N) is 1. The zero-order valence-corrected chi connectivity index (χ0v) is 12.8. The average Bonchev–Trinajstić information content (AvgIpc) is 2.84. The molecule has 112 valence electrons. The van der Waals surface area contributed by atoms with Crippen LogP contribution in [0.1, 0.15) is 37.8 Å². The van der Waals surface area contributed by atoms with E-state index in [1.165, 1.54) is 30.6 Å². The average molecular weight is 297 g/mol. The quantitative estimate of drug-likeness (QED) is 0.843. The predicted octanol–water partition coefficient (Wildman–Crippen LogP) is 2.02. The van der Waals surface area contributed by atoms with Crippen molar-refractivity contribution in [1.82, 2.24) is 9.88 Å². The van der Waals surface area contributed by atoms with Crippen LogP contribution in [-0.2, 0) is 4.79 Å². The molecule has 1 aliphatic carbocycles. The summed E-state index contributed by atoms with van der Waals surface area (Å²) in [6.07, 6.45) is 5.99. The van der Waals surface area contributed by atoms with Gasteiger partial charge in [-0.25, -0.2) is 4.98 Å². The second kappa shape index (κ2) is 7.71. The van der Waals surface area contributed by atoms with Crippen LogP contribution in [0.25, 0.3) is 0 Å². The molecule has 20 heavy (non-hydrogen) atoms. The van der Waals surface area contributed by atoms with Crippen LogP contribution in [0.5, 0.6) is 0 Å². The molecule has 2 N–H and O–H groups in total. The SMILES string of the molecule is Cc1csc(NC(=O)CN(CCO)C2CCCCC2)n1. The first kappa shape index (κ1) is 15.4. The molecular formula is C14H23N3O2S. The molecular weight excluding hydrogens is 274 g/mol. The highest BCUT2D eigenvalue weighted by molar-refractivity contribution is 7.13. The largest absolute Gasteiger partial charge is 0.395 e. The molecule has 0 saturated heterocycles. The van der Waals surface area contributed by atoms with E-state index in [0.29, 0.717) is 24.3 Å². The fourth-order valence-corrected chi connectivity index (χ4v) is 3.42. The smallest absolute Gasteiger partial charge is 0.240 e. The normalized spacial score (nSPS) is 16.6. The Kier molecular flexibility index (Phi) is 5.94. The predicted molar refractivity (Wildman–Crippen MR) is 81.0 cm³/mol. The van der Waals surface area contributed by atoms with Crippen LogP contribution in [-0.4, -0.2) is 46.6 Å². The Labute approximate surface area is 124 Å². The number of anilines is 1. The van der Waals surface area contributed by atoms with Crippen LogP contribution in [0.15, 0.2) is 5.38 Å². The lowest BCUT2D eigenvalue weighted by atomic mass is 9.94. The van der Waals surface area contributed by atoms with Crippen LogP contribution in [0.3, 0.4) is 0 Å². The molecule has 0 radical (unpaired) electrons. The number of carbonyl (C=O) groups is 1. The third-order valence-electron chi connectivity index (χ3n) is 3.69. The Hall–Kier alpha value is -0.980. The number of aryl methyl sites for hydroxylation is 1. The number of nitrogens with zero attached hydrogens (tertiary/aromatic N) is 2. The Morgan fingerprint density at radius 1 is 1.50 bits per heavy atom. The summed E-state index contributed by atoms with van der Waals surface area (Å²) in [6, 6.07) is 0.430. The Bertz CT molecular complexity index is 430. The van der Waals surface area contributed by atoms with Crippen molar-refractivity contribution in [2.24, 2.45) is 0 Å².